The number of hydrogen-bond acceptors (Lipinski definition) is 4. The number of thioether (sulfide) groups is 1. The Hall–Kier alpha value is -1.98. The second-order valence-electron chi connectivity index (χ2n) is 6.58. The van der Waals surface area contributed by atoms with Gasteiger partial charge in [0.2, 0.25) is 5.91 Å². The summed E-state index contributed by atoms with van der Waals surface area (Å²) in [4.78, 5) is 17.8. The van der Waals surface area contributed by atoms with Crippen LogP contribution >= 0.6 is 11.8 Å². The molecule has 0 saturated carbocycles. The lowest BCUT2D eigenvalue weighted by molar-refractivity contribution is -0.127. The van der Waals surface area contributed by atoms with E-state index in [4.69, 9.17) is 4.74 Å². The van der Waals surface area contributed by atoms with Crippen molar-refractivity contribution in [3.8, 4) is 0 Å². The smallest absolute Gasteiger partial charge is 0.232 e. The zero-order chi connectivity index (χ0) is 18.4. The van der Waals surface area contributed by atoms with E-state index in [-0.39, 0.29) is 5.91 Å². The monoisotopic (exact) mass is 370 g/mol. The van der Waals surface area contributed by atoms with E-state index >= 15 is 0 Å². The van der Waals surface area contributed by atoms with Crippen LogP contribution in [0, 0.1) is 6.92 Å². The number of carbonyl (C=O) groups is 1. The van der Waals surface area contributed by atoms with Gasteiger partial charge in [-0.2, -0.15) is 0 Å². The molecular weight excluding hydrogens is 344 g/mol. The average Bonchev–Trinajstić information content (AvgIpc) is 2.68. The molecule has 2 aromatic rings. The highest BCUT2D eigenvalue weighted by Gasteiger charge is 2.17. The fourth-order valence-corrected chi connectivity index (χ4v) is 3.83. The maximum Gasteiger partial charge on any atom is 0.232 e. The van der Waals surface area contributed by atoms with E-state index in [1.807, 2.05) is 18.0 Å². The van der Waals surface area contributed by atoms with Gasteiger partial charge >= 0.3 is 0 Å². The highest BCUT2D eigenvalue weighted by atomic mass is 32.2. The molecule has 4 nitrogen and oxygen atoms in total. The summed E-state index contributed by atoms with van der Waals surface area (Å²) < 4.78 is 5.45. The Balaban J connectivity index is 1.59. The highest BCUT2D eigenvalue weighted by molar-refractivity contribution is 8.00. The van der Waals surface area contributed by atoms with Gasteiger partial charge in [-0.25, -0.2) is 0 Å². The molecule has 0 aliphatic carbocycles. The van der Waals surface area contributed by atoms with Crippen LogP contribution in [0.5, 0.6) is 0 Å². The van der Waals surface area contributed by atoms with Gasteiger partial charge in [0, 0.05) is 37.3 Å². The Morgan fingerprint density at radius 3 is 2.54 bits per heavy atom. The Kier molecular flexibility index (Phi) is 6.58. The van der Waals surface area contributed by atoms with Crippen LogP contribution in [0.25, 0.3) is 0 Å². The van der Waals surface area contributed by atoms with Crippen molar-refractivity contribution < 1.29 is 9.53 Å². The zero-order valence-corrected chi connectivity index (χ0v) is 16.3. The molecule has 138 valence electrons. The molecule has 0 aromatic heterocycles. The quantitative estimate of drug-likeness (QED) is 0.728. The second-order valence-corrected chi connectivity index (χ2v) is 7.63. The molecule has 26 heavy (non-hydrogen) atoms. The van der Waals surface area contributed by atoms with Gasteiger partial charge in [-0.15, -0.1) is 11.8 Å². The number of anilines is 1. The highest BCUT2D eigenvalue weighted by Crippen LogP contribution is 2.24. The summed E-state index contributed by atoms with van der Waals surface area (Å²) in [6.45, 7) is 6.02. The first-order chi connectivity index (χ1) is 12.6. The van der Waals surface area contributed by atoms with Crippen LogP contribution in [0.1, 0.15) is 11.1 Å². The minimum atomic E-state index is 0.146. The van der Waals surface area contributed by atoms with Crippen LogP contribution in [-0.2, 0) is 16.1 Å². The molecule has 3 rings (SSSR count). The predicted octanol–water partition coefficient (Wildman–Crippen LogP) is 3.58. The molecule has 1 fully saturated rings. The first kappa shape index (κ1) is 18.8. The molecule has 0 unspecified atom stereocenters. The number of ether oxygens (including phenoxy) is 1. The fraction of sp³-hybridized carbons (Fsp3) is 0.381. The molecule has 0 radical (unpaired) electrons. The lowest BCUT2D eigenvalue weighted by Gasteiger charge is -2.31. The van der Waals surface area contributed by atoms with E-state index < -0.39 is 0 Å². The first-order valence-electron chi connectivity index (χ1n) is 8.97. The van der Waals surface area contributed by atoms with Crippen LogP contribution in [0.3, 0.4) is 0 Å². The lowest BCUT2D eigenvalue weighted by atomic mass is 10.1. The summed E-state index contributed by atoms with van der Waals surface area (Å²) in [5, 5.41) is 0. The van der Waals surface area contributed by atoms with Gasteiger partial charge in [0.1, 0.15) is 0 Å². The Morgan fingerprint density at radius 1 is 1.12 bits per heavy atom. The van der Waals surface area contributed by atoms with Gasteiger partial charge < -0.3 is 14.5 Å². The van der Waals surface area contributed by atoms with Crippen molar-refractivity contribution in [2.24, 2.45) is 0 Å². The predicted molar refractivity (Wildman–Crippen MR) is 108 cm³/mol. The minimum absolute atomic E-state index is 0.146. The maximum absolute atomic E-state index is 12.5. The van der Waals surface area contributed by atoms with Crippen LogP contribution in [0.2, 0.25) is 0 Å². The van der Waals surface area contributed by atoms with Crippen LogP contribution in [0.15, 0.2) is 53.4 Å². The van der Waals surface area contributed by atoms with Gasteiger partial charge in [0.15, 0.2) is 0 Å². The minimum Gasteiger partial charge on any atom is -0.378 e. The molecule has 0 bridgehead atoms. The molecule has 2 aromatic carbocycles. The van der Waals surface area contributed by atoms with E-state index in [0.29, 0.717) is 12.3 Å². The largest absolute Gasteiger partial charge is 0.378 e. The molecule has 0 atom stereocenters. The molecular formula is C21H26N2O2S. The SMILES string of the molecule is Cc1ccc(SCC(=O)N(C)Cc2ccccc2N2CCOCC2)cc1. The summed E-state index contributed by atoms with van der Waals surface area (Å²) in [5.74, 6) is 0.603. The van der Waals surface area contributed by atoms with E-state index in [0.717, 1.165) is 31.2 Å². The Labute approximate surface area is 160 Å². The van der Waals surface area contributed by atoms with E-state index in [2.05, 4.69) is 54.3 Å². The molecule has 5 heteroatoms. The first-order valence-corrected chi connectivity index (χ1v) is 9.96. The number of morpholine rings is 1. The molecule has 0 N–H and O–H groups in total. The number of amides is 1. The molecule has 1 aliphatic heterocycles. The van der Waals surface area contributed by atoms with Gasteiger partial charge in [-0.3, -0.25) is 4.79 Å². The topological polar surface area (TPSA) is 32.8 Å². The van der Waals surface area contributed by atoms with Gasteiger partial charge in [0.05, 0.1) is 19.0 Å². The molecule has 0 spiro atoms. The zero-order valence-electron chi connectivity index (χ0n) is 15.5. The average molecular weight is 371 g/mol. The van der Waals surface area contributed by atoms with Crippen molar-refractivity contribution in [1.29, 1.82) is 0 Å². The van der Waals surface area contributed by atoms with Crippen LogP contribution in [0.4, 0.5) is 5.69 Å². The number of para-hydroxylation sites is 1. The Bertz CT molecular complexity index is 727. The van der Waals surface area contributed by atoms with Crippen molar-refractivity contribution >= 4 is 23.4 Å². The van der Waals surface area contributed by atoms with Gasteiger partial charge in [-0.1, -0.05) is 35.9 Å². The summed E-state index contributed by atoms with van der Waals surface area (Å²) >= 11 is 1.59. The second kappa shape index (κ2) is 9.10. The van der Waals surface area contributed by atoms with Crippen LogP contribution in [-0.4, -0.2) is 49.9 Å². The van der Waals surface area contributed by atoms with Crippen molar-refractivity contribution in [1.82, 2.24) is 4.90 Å². The standard InChI is InChI=1S/C21H26N2O2S/c1-17-7-9-19(10-8-17)26-16-21(24)22(2)15-18-5-3-4-6-20(18)23-11-13-25-14-12-23/h3-10H,11-16H2,1-2H3. The van der Waals surface area contributed by atoms with E-state index in [1.54, 1.807) is 11.8 Å². The summed E-state index contributed by atoms with van der Waals surface area (Å²) in [5.41, 5.74) is 3.63. The fourth-order valence-electron chi connectivity index (χ4n) is 2.99. The number of rotatable bonds is 6. The van der Waals surface area contributed by atoms with E-state index in [9.17, 15) is 4.79 Å². The Morgan fingerprint density at radius 2 is 1.81 bits per heavy atom. The molecule has 1 aliphatic rings. The van der Waals surface area contributed by atoms with E-state index in [1.165, 1.54) is 16.8 Å². The van der Waals surface area contributed by atoms with Crippen molar-refractivity contribution in [3.05, 3.63) is 59.7 Å². The van der Waals surface area contributed by atoms with Gasteiger partial charge in [-0.05, 0) is 30.7 Å². The van der Waals surface area contributed by atoms with Crippen molar-refractivity contribution in [3.63, 3.8) is 0 Å². The number of nitrogens with zero attached hydrogens (tertiary/aromatic N) is 2. The van der Waals surface area contributed by atoms with Gasteiger partial charge in [0.25, 0.3) is 0 Å². The maximum atomic E-state index is 12.5. The number of aryl methyl sites for hydroxylation is 1. The summed E-state index contributed by atoms with van der Waals surface area (Å²) in [6, 6.07) is 16.6. The summed E-state index contributed by atoms with van der Waals surface area (Å²) in [7, 11) is 1.88. The third-order valence-electron chi connectivity index (χ3n) is 4.56. The number of benzene rings is 2. The third-order valence-corrected chi connectivity index (χ3v) is 5.56. The third kappa shape index (κ3) is 5.02. The molecule has 1 amide bonds. The molecule has 1 saturated heterocycles. The lowest BCUT2D eigenvalue weighted by Crippen LogP contribution is -2.37. The van der Waals surface area contributed by atoms with Crippen molar-refractivity contribution in [2.75, 3.05) is 44.0 Å². The number of carbonyl (C=O) groups excluding carboxylic acids is 1. The van der Waals surface area contributed by atoms with Crippen molar-refractivity contribution in [2.45, 2.75) is 18.4 Å². The molecule has 1 heterocycles. The normalized spacial score (nSPS) is 14.3. The number of hydrogen-bond donors (Lipinski definition) is 0. The van der Waals surface area contributed by atoms with Crippen LogP contribution < -0.4 is 4.90 Å². The summed E-state index contributed by atoms with van der Waals surface area (Å²) in [6.07, 6.45) is 0.